The van der Waals surface area contributed by atoms with E-state index in [0.717, 1.165) is 5.25 Å². The summed E-state index contributed by atoms with van der Waals surface area (Å²) < 4.78 is 0. The van der Waals surface area contributed by atoms with Crippen LogP contribution in [0.3, 0.4) is 0 Å². The van der Waals surface area contributed by atoms with Crippen LogP contribution < -0.4 is 5.32 Å². The fourth-order valence-electron chi connectivity index (χ4n) is 2.10. The minimum atomic E-state index is 0.708. The van der Waals surface area contributed by atoms with Crippen LogP contribution in [0, 0.1) is 0 Å². The van der Waals surface area contributed by atoms with Crippen LogP contribution in [0.2, 0.25) is 0 Å². The van der Waals surface area contributed by atoms with E-state index >= 15 is 0 Å². The number of hydrogen-bond donors (Lipinski definition) is 1. The molecule has 2 rings (SSSR count). The number of hydrogen-bond acceptors (Lipinski definition) is 3. The average Bonchev–Trinajstić information content (AvgIpc) is 2.31. The van der Waals surface area contributed by atoms with Crippen molar-refractivity contribution in [2.24, 2.45) is 0 Å². The molecular formula is C12H18N2S. The number of nitrogens with one attached hydrogen (secondary N) is 1. The molecular weight excluding hydrogens is 204 g/mol. The molecule has 1 saturated carbocycles. The highest BCUT2D eigenvalue weighted by Gasteiger charge is 2.21. The zero-order valence-electron chi connectivity index (χ0n) is 9.15. The molecule has 1 heterocycles. The Balaban J connectivity index is 1.89. The van der Waals surface area contributed by atoms with Crippen LogP contribution in [-0.2, 0) is 0 Å². The Morgan fingerprint density at radius 3 is 3.07 bits per heavy atom. The summed E-state index contributed by atoms with van der Waals surface area (Å²) >= 11 is 1.93. The van der Waals surface area contributed by atoms with Gasteiger partial charge in [-0.1, -0.05) is 12.5 Å². The highest BCUT2D eigenvalue weighted by atomic mass is 32.2. The second-order valence-corrected chi connectivity index (χ2v) is 5.38. The molecule has 15 heavy (non-hydrogen) atoms. The highest BCUT2D eigenvalue weighted by Crippen LogP contribution is 2.32. The van der Waals surface area contributed by atoms with E-state index in [1.54, 1.807) is 0 Å². The van der Waals surface area contributed by atoms with E-state index in [1.165, 1.54) is 30.7 Å². The third-order valence-electron chi connectivity index (χ3n) is 2.96. The molecule has 1 N–H and O–H groups in total. The van der Waals surface area contributed by atoms with Crippen molar-refractivity contribution >= 4 is 11.8 Å². The van der Waals surface area contributed by atoms with Gasteiger partial charge in [-0.2, -0.15) is 0 Å². The molecule has 2 unspecified atom stereocenters. The summed E-state index contributed by atoms with van der Waals surface area (Å²) in [5, 5.41) is 5.29. The molecule has 1 aliphatic rings. The molecule has 0 saturated heterocycles. The first-order valence-electron chi connectivity index (χ1n) is 5.63. The Morgan fingerprint density at radius 1 is 1.40 bits per heavy atom. The summed E-state index contributed by atoms with van der Waals surface area (Å²) in [7, 11) is 2.07. The van der Waals surface area contributed by atoms with Gasteiger partial charge in [0, 0.05) is 17.5 Å². The zero-order valence-corrected chi connectivity index (χ0v) is 9.96. The summed E-state index contributed by atoms with van der Waals surface area (Å²) in [6.07, 6.45) is 7.16. The van der Waals surface area contributed by atoms with Gasteiger partial charge in [-0.15, -0.1) is 11.8 Å². The summed E-state index contributed by atoms with van der Waals surface area (Å²) in [5.41, 5.74) is 0. The van der Waals surface area contributed by atoms with Crippen molar-refractivity contribution in [1.29, 1.82) is 0 Å². The van der Waals surface area contributed by atoms with E-state index in [9.17, 15) is 0 Å². The molecule has 0 aromatic carbocycles. The molecule has 0 radical (unpaired) electrons. The largest absolute Gasteiger partial charge is 0.317 e. The van der Waals surface area contributed by atoms with Crippen molar-refractivity contribution in [2.45, 2.75) is 42.0 Å². The van der Waals surface area contributed by atoms with Gasteiger partial charge in [0.25, 0.3) is 0 Å². The van der Waals surface area contributed by atoms with E-state index < -0.39 is 0 Å². The first kappa shape index (κ1) is 11.0. The van der Waals surface area contributed by atoms with Crippen molar-refractivity contribution in [3.05, 3.63) is 24.4 Å². The number of rotatable bonds is 3. The number of nitrogens with zero attached hydrogens (tertiary/aromatic N) is 1. The van der Waals surface area contributed by atoms with Gasteiger partial charge in [-0.05, 0) is 38.4 Å². The predicted octanol–water partition coefficient (Wildman–Crippen LogP) is 2.70. The van der Waals surface area contributed by atoms with Gasteiger partial charge >= 0.3 is 0 Å². The van der Waals surface area contributed by atoms with Crippen LogP contribution in [-0.4, -0.2) is 23.3 Å². The molecule has 1 aliphatic carbocycles. The minimum absolute atomic E-state index is 0.708. The summed E-state index contributed by atoms with van der Waals surface area (Å²) in [5.74, 6) is 0. The van der Waals surface area contributed by atoms with Crippen molar-refractivity contribution in [1.82, 2.24) is 10.3 Å². The summed E-state index contributed by atoms with van der Waals surface area (Å²) in [4.78, 5) is 4.37. The standard InChI is InChI=1S/C12H18N2S/c1-13-10-5-4-6-11(9-10)15-12-7-2-3-8-14-12/h2-3,7-8,10-11,13H,4-6,9H2,1H3. The van der Waals surface area contributed by atoms with Gasteiger partial charge in [0.15, 0.2) is 0 Å². The second-order valence-electron chi connectivity index (χ2n) is 4.06. The van der Waals surface area contributed by atoms with E-state index in [-0.39, 0.29) is 0 Å². The lowest BCUT2D eigenvalue weighted by Crippen LogP contribution is -2.32. The maximum Gasteiger partial charge on any atom is 0.0962 e. The first-order chi connectivity index (χ1) is 7.38. The van der Waals surface area contributed by atoms with Crippen molar-refractivity contribution in [3.63, 3.8) is 0 Å². The topological polar surface area (TPSA) is 24.9 Å². The lowest BCUT2D eigenvalue weighted by atomic mass is 9.95. The SMILES string of the molecule is CNC1CCCC(Sc2ccccn2)C1. The average molecular weight is 222 g/mol. The van der Waals surface area contributed by atoms with Crippen LogP contribution in [0.5, 0.6) is 0 Å². The van der Waals surface area contributed by atoms with Crippen LogP contribution in [0.15, 0.2) is 29.4 Å². The fraction of sp³-hybridized carbons (Fsp3) is 0.583. The smallest absolute Gasteiger partial charge is 0.0962 e. The Labute approximate surface area is 95.9 Å². The van der Waals surface area contributed by atoms with Crippen LogP contribution >= 0.6 is 11.8 Å². The van der Waals surface area contributed by atoms with Crippen molar-refractivity contribution in [3.8, 4) is 0 Å². The molecule has 1 aromatic rings. The fourth-order valence-corrected chi connectivity index (χ4v) is 3.34. The lowest BCUT2D eigenvalue weighted by molar-refractivity contribution is 0.402. The summed E-state index contributed by atoms with van der Waals surface area (Å²) in [6.45, 7) is 0. The summed E-state index contributed by atoms with van der Waals surface area (Å²) in [6, 6.07) is 6.85. The molecule has 0 amide bonds. The third-order valence-corrected chi connectivity index (χ3v) is 4.20. The first-order valence-corrected chi connectivity index (χ1v) is 6.51. The van der Waals surface area contributed by atoms with Crippen molar-refractivity contribution < 1.29 is 0 Å². The van der Waals surface area contributed by atoms with Gasteiger partial charge in [-0.25, -0.2) is 4.98 Å². The number of aromatic nitrogens is 1. The molecule has 2 atom stereocenters. The van der Waals surface area contributed by atoms with Gasteiger partial charge in [-0.3, -0.25) is 0 Å². The van der Waals surface area contributed by atoms with E-state index in [2.05, 4.69) is 29.5 Å². The Hall–Kier alpha value is -0.540. The molecule has 0 bridgehead atoms. The van der Waals surface area contributed by atoms with Crippen molar-refractivity contribution in [2.75, 3.05) is 7.05 Å². The van der Waals surface area contributed by atoms with E-state index in [1.807, 2.05) is 24.0 Å². The van der Waals surface area contributed by atoms with Crippen LogP contribution in [0.25, 0.3) is 0 Å². The Bertz CT molecular complexity index is 289. The second kappa shape index (κ2) is 5.52. The van der Waals surface area contributed by atoms with Gasteiger partial charge in [0.05, 0.1) is 5.03 Å². The zero-order chi connectivity index (χ0) is 10.5. The van der Waals surface area contributed by atoms with Gasteiger partial charge in [0.1, 0.15) is 0 Å². The molecule has 0 spiro atoms. The third kappa shape index (κ3) is 3.21. The number of thioether (sulfide) groups is 1. The normalized spacial score (nSPS) is 26.5. The highest BCUT2D eigenvalue weighted by molar-refractivity contribution is 7.99. The monoisotopic (exact) mass is 222 g/mol. The molecule has 2 nitrogen and oxygen atoms in total. The molecule has 1 fully saturated rings. The molecule has 82 valence electrons. The predicted molar refractivity (Wildman–Crippen MR) is 65.2 cm³/mol. The maximum atomic E-state index is 4.37. The quantitative estimate of drug-likeness (QED) is 0.851. The number of pyridine rings is 1. The Morgan fingerprint density at radius 2 is 2.33 bits per heavy atom. The van der Waals surface area contributed by atoms with Crippen LogP contribution in [0.4, 0.5) is 0 Å². The van der Waals surface area contributed by atoms with E-state index in [4.69, 9.17) is 0 Å². The lowest BCUT2D eigenvalue weighted by Gasteiger charge is -2.28. The maximum absolute atomic E-state index is 4.37. The van der Waals surface area contributed by atoms with E-state index in [0.29, 0.717) is 6.04 Å². The van der Waals surface area contributed by atoms with Gasteiger partial charge in [0.2, 0.25) is 0 Å². The molecule has 1 aromatic heterocycles. The molecule has 3 heteroatoms. The van der Waals surface area contributed by atoms with Gasteiger partial charge < -0.3 is 5.32 Å². The van der Waals surface area contributed by atoms with Crippen LogP contribution in [0.1, 0.15) is 25.7 Å². The minimum Gasteiger partial charge on any atom is -0.317 e. The molecule has 0 aliphatic heterocycles. The Kier molecular flexibility index (Phi) is 4.03.